The lowest BCUT2D eigenvalue weighted by molar-refractivity contribution is 0.262. The molecule has 2 rings (SSSR count). The number of nitrogens with one attached hydrogen (secondary N) is 2. The van der Waals surface area contributed by atoms with Gasteiger partial charge in [-0.2, -0.15) is 0 Å². The Hall–Kier alpha value is -2.43. The van der Waals surface area contributed by atoms with Gasteiger partial charge in [0.2, 0.25) is 0 Å². The summed E-state index contributed by atoms with van der Waals surface area (Å²) in [6.45, 7) is 3.82. The number of aromatic nitrogens is 2. The number of hydrogen-bond acceptors (Lipinski definition) is 3. The Kier molecular flexibility index (Phi) is 3.52. The fourth-order valence-corrected chi connectivity index (χ4v) is 1.47. The fourth-order valence-electron chi connectivity index (χ4n) is 1.47. The van der Waals surface area contributed by atoms with Gasteiger partial charge in [0.05, 0.1) is 23.8 Å². The van der Waals surface area contributed by atoms with Crippen LogP contribution in [0.3, 0.4) is 0 Å². The van der Waals surface area contributed by atoms with Crippen molar-refractivity contribution in [3.8, 4) is 0 Å². The Morgan fingerprint density at radius 1 is 0.944 bits per heavy atom. The van der Waals surface area contributed by atoms with Gasteiger partial charge < -0.3 is 10.6 Å². The first-order valence-corrected chi connectivity index (χ1v) is 5.56. The Morgan fingerprint density at radius 3 is 1.78 bits per heavy atom. The molecule has 18 heavy (non-hydrogen) atoms. The summed E-state index contributed by atoms with van der Waals surface area (Å²) in [5.41, 5.74) is 3.30. The van der Waals surface area contributed by atoms with Gasteiger partial charge >= 0.3 is 6.03 Å². The molecule has 0 atom stereocenters. The number of urea groups is 1. The molecule has 2 aromatic heterocycles. The lowest BCUT2D eigenvalue weighted by Crippen LogP contribution is -2.20. The number of carbonyl (C=O) groups excluding carboxylic acids is 1. The topological polar surface area (TPSA) is 66.9 Å². The smallest absolute Gasteiger partial charge is 0.306 e. The zero-order valence-corrected chi connectivity index (χ0v) is 10.3. The van der Waals surface area contributed by atoms with Crippen molar-refractivity contribution in [3.05, 3.63) is 48.0 Å². The minimum Gasteiger partial charge on any atom is -0.306 e. The number of rotatable bonds is 2. The first-order chi connectivity index (χ1) is 8.66. The van der Waals surface area contributed by atoms with E-state index in [1.807, 2.05) is 26.0 Å². The van der Waals surface area contributed by atoms with Crippen LogP contribution in [-0.4, -0.2) is 16.0 Å². The van der Waals surface area contributed by atoms with Crippen LogP contribution < -0.4 is 10.6 Å². The van der Waals surface area contributed by atoms with Gasteiger partial charge in [-0.15, -0.1) is 0 Å². The maximum absolute atomic E-state index is 11.8. The molecule has 0 spiro atoms. The molecule has 2 heterocycles. The predicted molar refractivity (Wildman–Crippen MR) is 70.6 cm³/mol. The first kappa shape index (κ1) is 12.0. The van der Waals surface area contributed by atoms with E-state index in [1.165, 1.54) is 0 Å². The monoisotopic (exact) mass is 242 g/mol. The minimum atomic E-state index is -0.304. The molecule has 2 aromatic rings. The number of hydrogen-bond donors (Lipinski definition) is 2. The summed E-state index contributed by atoms with van der Waals surface area (Å²) in [5, 5.41) is 5.49. The van der Waals surface area contributed by atoms with Crippen LogP contribution in [-0.2, 0) is 0 Å². The van der Waals surface area contributed by atoms with Crippen molar-refractivity contribution in [1.29, 1.82) is 0 Å². The largest absolute Gasteiger partial charge is 0.323 e. The third kappa shape index (κ3) is 2.82. The van der Waals surface area contributed by atoms with Crippen LogP contribution in [0.4, 0.5) is 16.2 Å². The fraction of sp³-hybridized carbons (Fsp3) is 0.154. The van der Waals surface area contributed by atoms with E-state index in [0.29, 0.717) is 11.4 Å². The summed E-state index contributed by atoms with van der Waals surface area (Å²) >= 11 is 0. The van der Waals surface area contributed by atoms with E-state index in [0.717, 1.165) is 11.1 Å². The first-order valence-electron chi connectivity index (χ1n) is 5.56. The van der Waals surface area contributed by atoms with Crippen molar-refractivity contribution < 1.29 is 4.79 Å². The zero-order valence-electron chi connectivity index (χ0n) is 10.3. The van der Waals surface area contributed by atoms with Gasteiger partial charge in [0, 0.05) is 12.4 Å². The molecule has 2 amide bonds. The van der Waals surface area contributed by atoms with Gasteiger partial charge in [-0.05, 0) is 37.1 Å². The maximum atomic E-state index is 11.8. The van der Waals surface area contributed by atoms with Crippen molar-refractivity contribution in [3.63, 3.8) is 0 Å². The summed E-state index contributed by atoms with van der Waals surface area (Å²) in [4.78, 5) is 19.7. The Morgan fingerprint density at radius 2 is 1.39 bits per heavy atom. The third-order valence-electron chi connectivity index (χ3n) is 2.57. The molecule has 0 aliphatic heterocycles. The van der Waals surface area contributed by atoms with E-state index in [-0.39, 0.29) is 6.03 Å². The van der Waals surface area contributed by atoms with Crippen LogP contribution in [0.5, 0.6) is 0 Å². The Bertz CT molecular complexity index is 519. The molecule has 0 unspecified atom stereocenters. The van der Waals surface area contributed by atoms with Crippen molar-refractivity contribution in [1.82, 2.24) is 9.97 Å². The van der Waals surface area contributed by atoms with Crippen molar-refractivity contribution >= 4 is 17.4 Å². The van der Waals surface area contributed by atoms with Gasteiger partial charge in [-0.3, -0.25) is 9.97 Å². The van der Waals surface area contributed by atoms with Crippen molar-refractivity contribution in [2.75, 3.05) is 10.6 Å². The molecule has 0 saturated heterocycles. The quantitative estimate of drug-likeness (QED) is 0.850. The highest BCUT2D eigenvalue weighted by Crippen LogP contribution is 2.14. The van der Waals surface area contributed by atoms with Crippen LogP contribution in [0.2, 0.25) is 0 Å². The lowest BCUT2D eigenvalue weighted by atomic mass is 10.2. The molecule has 0 saturated carbocycles. The van der Waals surface area contributed by atoms with Crippen LogP contribution in [0.25, 0.3) is 0 Å². The molecule has 2 N–H and O–H groups in total. The highest BCUT2D eigenvalue weighted by atomic mass is 16.2. The van der Waals surface area contributed by atoms with Crippen LogP contribution in [0.15, 0.2) is 36.9 Å². The molecule has 0 fully saturated rings. The van der Waals surface area contributed by atoms with E-state index in [9.17, 15) is 4.79 Å². The van der Waals surface area contributed by atoms with E-state index in [4.69, 9.17) is 0 Å². The number of nitrogens with zero attached hydrogens (tertiary/aromatic N) is 2. The van der Waals surface area contributed by atoms with Gasteiger partial charge in [-0.25, -0.2) is 4.79 Å². The SMILES string of the molecule is Cc1ccncc1NC(=O)Nc1cnccc1C. The van der Waals surface area contributed by atoms with Crippen LogP contribution >= 0.6 is 0 Å². The van der Waals surface area contributed by atoms with Gasteiger partial charge in [0.15, 0.2) is 0 Å². The Balaban J connectivity index is 2.06. The number of anilines is 2. The normalized spacial score (nSPS) is 9.89. The molecule has 5 heteroatoms. The summed E-state index contributed by atoms with van der Waals surface area (Å²) in [6.07, 6.45) is 6.60. The predicted octanol–water partition coefficient (Wildman–Crippen LogP) is 2.74. The van der Waals surface area contributed by atoms with Gasteiger partial charge in [0.1, 0.15) is 0 Å². The van der Waals surface area contributed by atoms with E-state index >= 15 is 0 Å². The van der Waals surface area contributed by atoms with Crippen molar-refractivity contribution in [2.24, 2.45) is 0 Å². The summed E-state index contributed by atoms with van der Waals surface area (Å²) < 4.78 is 0. The zero-order chi connectivity index (χ0) is 13.0. The second-order valence-corrected chi connectivity index (χ2v) is 3.96. The molecule has 5 nitrogen and oxygen atoms in total. The molecular formula is C13H14N4O. The molecule has 0 aliphatic rings. The average molecular weight is 242 g/mol. The molecule has 0 radical (unpaired) electrons. The lowest BCUT2D eigenvalue weighted by Gasteiger charge is -2.10. The van der Waals surface area contributed by atoms with E-state index in [1.54, 1.807) is 24.8 Å². The second kappa shape index (κ2) is 5.27. The number of carbonyl (C=O) groups is 1. The van der Waals surface area contributed by atoms with E-state index < -0.39 is 0 Å². The number of pyridine rings is 2. The van der Waals surface area contributed by atoms with Crippen molar-refractivity contribution in [2.45, 2.75) is 13.8 Å². The average Bonchev–Trinajstić information content (AvgIpc) is 2.35. The summed E-state index contributed by atoms with van der Waals surface area (Å²) in [6, 6.07) is 3.37. The maximum Gasteiger partial charge on any atom is 0.323 e. The summed E-state index contributed by atoms with van der Waals surface area (Å²) in [5.74, 6) is 0. The molecule has 0 aromatic carbocycles. The summed E-state index contributed by atoms with van der Waals surface area (Å²) in [7, 11) is 0. The third-order valence-corrected chi connectivity index (χ3v) is 2.57. The molecule has 0 aliphatic carbocycles. The van der Waals surface area contributed by atoms with E-state index in [2.05, 4.69) is 20.6 Å². The van der Waals surface area contributed by atoms with Crippen LogP contribution in [0.1, 0.15) is 11.1 Å². The highest BCUT2D eigenvalue weighted by Gasteiger charge is 2.06. The second-order valence-electron chi connectivity index (χ2n) is 3.96. The van der Waals surface area contributed by atoms with Gasteiger partial charge in [-0.1, -0.05) is 0 Å². The highest BCUT2D eigenvalue weighted by molar-refractivity contribution is 6.00. The number of aryl methyl sites for hydroxylation is 2. The minimum absolute atomic E-state index is 0.304. The standard InChI is InChI=1S/C13H14N4O/c1-9-3-5-14-7-11(9)16-13(18)17-12-8-15-6-4-10(12)2/h3-8H,1-2H3,(H2,16,17,18). The van der Waals surface area contributed by atoms with Gasteiger partial charge in [0.25, 0.3) is 0 Å². The molecule has 0 bridgehead atoms. The Labute approximate surface area is 105 Å². The number of amides is 2. The molecule has 92 valence electrons. The molecular weight excluding hydrogens is 228 g/mol. The van der Waals surface area contributed by atoms with Crippen LogP contribution in [0, 0.1) is 13.8 Å².